The largest absolute Gasteiger partial charge is 0.363 e. The maximum absolute atomic E-state index is 12.7. The molecule has 5 rings (SSSR count). The van der Waals surface area contributed by atoms with Crippen molar-refractivity contribution in [1.82, 2.24) is 4.98 Å². The minimum absolute atomic E-state index is 0.138. The number of hydrogen-bond donors (Lipinski definition) is 2. The number of rotatable bonds is 2. The van der Waals surface area contributed by atoms with Gasteiger partial charge in [-0.1, -0.05) is 19.4 Å². The van der Waals surface area contributed by atoms with Crippen molar-refractivity contribution in [2.45, 2.75) is 71.3 Å². The van der Waals surface area contributed by atoms with Crippen LogP contribution in [0.4, 0.5) is 0 Å². The molecule has 4 heteroatoms. The third kappa shape index (κ3) is 2.35. The van der Waals surface area contributed by atoms with Gasteiger partial charge in [-0.15, -0.1) is 0 Å². The topological polar surface area (TPSA) is 75.9 Å². The highest BCUT2D eigenvalue weighted by Crippen LogP contribution is 2.69. The molecule has 0 radical (unpaired) electrons. The van der Waals surface area contributed by atoms with E-state index in [1.807, 2.05) is 18.3 Å². The highest BCUT2D eigenvalue weighted by molar-refractivity contribution is 5.93. The molecule has 4 nitrogen and oxygen atoms in total. The number of H-pyrrole nitrogens is 1. The fourth-order valence-electron chi connectivity index (χ4n) is 8.42. The monoisotopic (exact) mass is 394 g/mol. The van der Waals surface area contributed by atoms with E-state index in [0.29, 0.717) is 30.0 Å². The molecule has 3 fully saturated rings. The molecule has 3 saturated carbocycles. The number of ketones is 2. The van der Waals surface area contributed by atoms with Crippen molar-refractivity contribution in [3.05, 3.63) is 35.7 Å². The zero-order chi connectivity index (χ0) is 20.6. The van der Waals surface area contributed by atoms with Crippen LogP contribution >= 0.6 is 0 Å². The van der Waals surface area contributed by atoms with Gasteiger partial charge in [-0.3, -0.25) is 9.59 Å². The van der Waals surface area contributed by atoms with Crippen molar-refractivity contribution in [3.63, 3.8) is 0 Å². The van der Waals surface area contributed by atoms with Crippen LogP contribution in [0.1, 0.15) is 71.4 Å². The molecule has 0 bridgehead atoms. The molecule has 1 unspecified atom stereocenters. The Morgan fingerprint density at radius 3 is 2.66 bits per heavy atom. The highest BCUT2D eigenvalue weighted by Gasteiger charge is 2.65. The number of carbonyl (C=O) groups is 2. The normalized spacial score (nSPS) is 46.5. The Morgan fingerprint density at radius 2 is 1.97 bits per heavy atom. The fraction of sp³-hybridized carbons (Fsp3) is 0.680. The second kappa shape index (κ2) is 6.16. The maximum atomic E-state index is 12.7. The molecule has 0 amide bonds. The summed E-state index contributed by atoms with van der Waals surface area (Å²) in [6.45, 7) is 6.50. The predicted octanol–water partition coefficient (Wildman–Crippen LogP) is 4.52. The number of hydrogen-bond acceptors (Lipinski definition) is 3. The lowest BCUT2D eigenvalue weighted by atomic mass is 9.42. The van der Waals surface area contributed by atoms with Crippen LogP contribution in [0.2, 0.25) is 0 Å². The van der Waals surface area contributed by atoms with E-state index in [2.05, 4.69) is 24.9 Å². The van der Waals surface area contributed by atoms with E-state index in [1.165, 1.54) is 5.57 Å². The van der Waals surface area contributed by atoms with Gasteiger partial charge in [0.2, 0.25) is 0 Å². The molecule has 29 heavy (non-hydrogen) atoms. The first-order chi connectivity index (χ1) is 13.7. The summed E-state index contributed by atoms with van der Waals surface area (Å²) in [5.41, 5.74) is 8.69. The summed E-state index contributed by atoms with van der Waals surface area (Å²) in [6.07, 6.45) is 10.7. The molecule has 0 aliphatic heterocycles. The third-order valence-corrected chi connectivity index (χ3v) is 9.88. The molecule has 156 valence electrons. The third-order valence-electron chi connectivity index (χ3n) is 9.88. The van der Waals surface area contributed by atoms with Crippen LogP contribution in [0, 0.1) is 34.5 Å². The molecule has 1 aromatic heterocycles. The van der Waals surface area contributed by atoms with Gasteiger partial charge in [-0.05, 0) is 86.8 Å². The minimum Gasteiger partial charge on any atom is -0.363 e. The van der Waals surface area contributed by atoms with Gasteiger partial charge in [0.05, 0.1) is 5.54 Å². The molecule has 1 heterocycles. The minimum atomic E-state index is -0.687. The molecule has 1 aromatic rings. The Bertz CT molecular complexity index is 887. The molecular formula is C25H34N2O2. The van der Waals surface area contributed by atoms with Crippen molar-refractivity contribution in [3.8, 4) is 0 Å². The van der Waals surface area contributed by atoms with Gasteiger partial charge in [0, 0.05) is 29.6 Å². The van der Waals surface area contributed by atoms with E-state index in [9.17, 15) is 9.59 Å². The fourth-order valence-corrected chi connectivity index (χ4v) is 8.42. The van der Waals surface area contributed by atoms with Crippen molar-refractivity contribution in [1.29, 1.82) is 0 Å². The lowest BCUT2D eigenvalue weighted by molar-refractivity contribution is -0.131. The van der Waals surface area contributed by atoms with E-state index in [1.54, 1.807) is 6.92 Å². The first-order valence-corrected chi connectivity index (χ1v) is 11.4. The van der Waals surface area contributed by atoms with Gasteiger partial charge in [0.15, 0.2) is 5.78 Å². The van der Waals surface area contributed by atoms with Gasteiger partial charge < -0.3 is 10.7 Å². The highest BCUT2D eigenvalue weighted by atomic mass is 16.1. The van der Waals surface area contributed by atoms with Crippen LogP contribution in [0.25, 0.3) is 0 Å². The van der Waals surface area contributed by atoms with Crippen LogP contribution in [-0.4, -0.2) is 16.6 Å². The van der Waals surface area contributed by atoms with Gasteiger partial charge in [-0.25, -0.2) is 0 Å². The number of Topliss-reactive ketones (excluding diaryl/α,β-unsaturated/α-hetero) is 1. The van der Waals surface area contributed by atoms with Crippen molar-refractivity contribution >= 4 is 11.6 Å². The standard InChI is InChI=1S/C25H34N2O2/c1-15(28)19-8-9-20-18-7-6-16-13-17(29)14-25(26,22-5-4-12-27-22)24(16,3)21(18)10-11-23(19,20)2/h4-5,12-13,18-21,27H,6-11,14,26H2,1-3H3/t18-,19+,20-,21-,23+,24-,25?/m0/s1. The molecule has 0 aromatic carbocycles. The predicted molar refractivity (Wildman–Crippen MR) is 113 cm³/mol. The average Bonchev–Trinajstić information content (AvgIpc) is 3.30. The Hall–Kier alpha value is -1.68. The van der Waals surface area contributed by atoms with Gasteiger partial charge >= 0.3 is 0 Å². The van der Waals surface area contributed by atoms with E-state index >= 15 is 0 Å². The number of carbonyl (C=O) groups excluding carboxylic acids is 2. The second-order valence-electron chi connectivity index (χ2n) is 10.8. The number of nitrogens with one attached hydrogen (secondary N) is 1. The Labute approximate surface area is 173 Å². The average molecular weight is 395 g/mol. The lowest BCUT2D eigenvalue weighted by Crippen LogP contribution is -2.63. The first kappa shape index (κ1) is 19.3. The van der Waals surface area contributed by atoms with Crippen molar-refractivity contribution in [2.75, 3.05) is 0 Å². The maximum Gasteiger partial charge on any atom is 0.157 e. The summed E-state index contributed by atoms with van der Waals surface area (Å²) in [7, 11) is 0. The SMILES string of the molecule is CC(=O)[C@H]1CC[C@H]2[C@@H]3CCC4=CC(=O)CC(N)(c5ccc[nH]5)[C@]4(C)[C@H]3CC[C@]12C. The summed E-state index contributed by atoms with van der Waals surface area (Å²) in [5.74, 6) is 2.40. The Balaban J connectivity index is 1.60. The quantitative estimate of drug-likeness (QED) is 0.774. The Morgan fingerprint density at radius 1 is 1.17 bits per heavy atom. The van der Waals surface area contributed by atoms with E-state index in [-0.39, 0.29) is 22.5 Å². The molecule has 0 spiro atoms. The van der Waals surface area contributed by atoms with E-state index in [0.717, 1.165) is 44.2 Å². The Kier molecular flexibility index (Phi) is 4.10. The molecule has 4 aliphatic rings. The van der Waals surface area contributed by atoms with Gasteiger partial charge in [0.1, 0.15) is 5.78 Å². The first-order valence-electron chi connectivity index (χ1n) is 11.4. The molecule has 3 N–H and O–H groups in total. The number of fused-ring (bicyclic) bond motifs is 5. The van der Waals surface area contributed by atoms with Crippen LogP contribution in [0.5, 0.6) is 0 Å². The number of aromatic nitrogens is 1. The molecule has 0 saturated heterocycles. The van der Waals surface area contributed by atoms with E-state index < -0.39 is 5.54 Å². The zero-order valence-electron chi connectivity index (χ0n) is 18.0. The number of aromatic amines is 1. The van der Waals surface area contributed by atoms with Crippen LogP contribution in [-0.2, 0) is 15.1 Å². The zero-order valence-corrected chi connectivity index (χ0v) is 18.0. The van der Waals surface area contributed by atoms with Crippen LogP contribution in [0.3, 0.4) is 0 Å². The molecular weight excluding hydrogens is 360 g/mol. The van der Waals surface area contributed by atoms with Gasteiger partial charge in [-0.2, -0.15) is 0 Å². The summed E-state index contributed by atoms with van der Waals surface area (Å²) in [5, 5.41) is 0. The van der Waals surface area contributed by atoms with Crippen molar-refractivity contribution in [2.24, 2.45) is 40.2 Å². The smallest absolute Gasteiger partial charge is 0.157 e. The van der Waals surface area contributed by atoms with Crippen LogP contribution < -0.4 is 5.73 Å². The summed E-state index contributed by atoms with van der Waals surface area (Å²) < 4.78 is 0. The van der Waals surface area contributed by atoms with Gasteiger partial charge in [0.25, 0.3) is 0 Å². The second-order valence-corrected chi connectivity index (χ2v) is 10.8. The molecule has 7 atom stereocenters. The molecule has 4 aliphatic carbocycles. The summed E-state index contributed by atoms with van der Waals surface area (Å²) in [6, 6.07) is 4.04. The lowest BCUT2D eigenvalue weighted by Gasteiger charge is -2.62. The van der Waals surface area contributed by atoms with E-state index in [4.69, 9.17) is 5.73 Å². The summed E-state index contributed by atoms with van der Waals surface area (Å²) in [4.78, 5) is 28.4. The van der Waals surface area contributed by atoms with Crippen LogP contribution in [0.15, 0.2) is 30.0 Å². The van der Waals surface area contributed by atoms with Crippen molar-refractivity contribution < 1.29 is 9.59 Å². The summed E-state index contributed by atoms with van der Waals surface area (Å²) >= 11 is 0. The number of nitrogens with two attached hydrogens (primary N) is 1.